The van der Waals surface area contributed by atoms with Crippen LogP contribution in [0.15, 0.2) is 47.1 Å². The minimum Gasteiger partial charge on any atom is -0.550 e. The summed E-state index contributed by atoms with van der Waals surface area (Å²) in [5.74, 6) is -0.708. The van der Waals surface area contributed by atoms with E-state index in [4.69, 9.17) is 4.42 Å². The maximum atomic E-state index is 10.8. The SMILES string of the molecule is Cc1ccc([C@H](CC(=O)[O-])c2ccco2)cc1. The molecule has 3 nitrogen and oxygen atoms in total. The molecule has 1 aromatic heterocycles. The zero-order valence-electron chi connectivity index (χ0n) is 9.55. The first-order valence-corrected chi connectivity index (χ1v) is 5.46. The van der Waals surface area contributed by atoms with Crippen molar-refractivity contribution in [2.45, 2.75) is 19.3 Å². The van der Waals surface area contributed by atoms with Gasteiger partial charge < -0.3 is 14.3 Å². The highest BCUT2D eigenvalue weighted by molar-refractivity contribution is 5.66. The Morgan fingerprint density at radius 2 is 2.00 bits per heavy atom. The zero-order chi connectivity index (χ0) is 12.3. The number of hydrogen-bond acceptors (Lipinski definition) is 3. The fourth-order valence-corrected chi connectivity index (χ4v) is 1.84. The van der Waals surface area contributed by atoms with Gasteiger partial charge in [0.2, 0.25) is 0 Å². The molecule has 0 saturated carbocycles. The summed E-state index contributed by atoms with van der Waals surface area (Å²) in [6.07, 6.45) is 1.47. The van der Waals surface area contributed by atoms with E-state index in [2.05, 4.69) is 0 Å². The molecule has 3 heteroatoms. The molecular formula is C14H13O3-. The number of benzene rings is 1. The molecule has 0 N–H and O–H groups in total. The van der Waals surface area contributed by atoms with E-state index >= 15 is 0 Å². The van der Waals surface area contributed by atoms with Gasteiger partial charge in [-0.2, -0.15) is 0 Å². The van der Waals surface area contributed by atoms with Crippen LogP contribution in [0.1, 0.15) is 29.2 Å². The number of carbonyl (C=O) groups is 1. The molecule has 2 rings (SSSR count). The smallest absolute Gasteiger partial charge is 0.111 e. The molecule has 0 aliphatic carbocycles. The van der Waals surface area contributed by atoms with E-state index in [9.17, 15) is 9.90 Å². The lowest BCUT2D eigenvalue weighted by atomic mass is 9.93. The molecule has 88 valence electrons. The normalized spacial score (nSPS) is 12.3. The predicted molar refractivity (Wildman–Crippen MR) is 61.4 cm³/mol. The highest BCUT2D eigenvalue weighted by Crippen LogP contribution is 2.28. The molecule has 0 aliphatic rings. The van der Waals surface area contributed by atoms with Crippen LogP contribution in [-0.2, 0) is 4.79 Å². The first-order chi connectivity index (χ1) is 8.16. The Morgan fingerprint density at radius 1 is 1.29 bits per heavy atom. The van der Waals surface area contributed by atoms with Crippen LogP contribution in [0, 0.1) is 6.92 Å². The van der Waals surface area contributed by atoms with Gasteiger partial charge in [-0.15, -0.1) is 0 Å². The number of hydrogen-bond donors (Lipinski definition) is 0. The Balaban J connectivity index is 2.33. The van der Waals surface area contributed by atoms with E-state index < -0.39 is 5.97 Å². The van der Waals surface area contributed by atoms with Crippen molar-refractivity contribution in [3.05, 3.63) is 59.5 Å². The van der Waals surface area contributed by atoms with Crippen LogP contribution in [0.25, 0.3) is 0 Å². The van der Waals surface area contributed by atoms with Crippen molar-refractivity contribution >= 4 is 5.97 Å². The van der Waals surface area contributed by atoms with E-state index in [0.717, 1.165) is 11.1 Å². The van der Waals surface area contributed by atoms with Gasteiger partial charge in [0.05, 0.1) is 6.26 Å². The van der Waals surface area contributed by atoms with Crippen LogP contribution in [0.3, 0.4) is 0 Å². The maximum Gasteiger partial charge on any atom is 0.111 e. The summed E-state index contributed by atoms with van der Waals surface area (Å²) >= 11 is 0. The second-order valence-corrected chi connectivity index (χ2v) is 4.05. The first kappa shape index (κ1) is 11.5. The first-order valence-electron chi connectivity index (χ1n) is 5.46. The molecule has 0 radical (unpaired) electrons. The van der Waals surface area contributed by atoms with Crippen molar-refractivity contribution in [1.29, 1.82) is 0 Å². The molecule has 1 atom stereocenters. The predicted octanol–water partition coefficient (Wildman–Crippen LogP) is 1.86. The van der Waals surface area contributed by atoms with E-state index in [1.807, 2.05) is 31.2 Å². The molecule has 2 aromatic rings. The van der Waals surface area contributed by atoms with Gasteiger partial charge in [0.25, 0.3) is 0 Å². The fraction of sp³-hybridized carbons (Fsp3) is 0.214. The summed E-state index contributed by atoms with van der Waals surface area (Å²) in [5, 5.41) is 10.8. The average molecular weight is 229 g/mol. The Morgan fingerprint density at radius 3 is 2.53 bits per heavy atom. The molecule has 1 aromatic carbocycles. The zero-order valence-corrected chi connectivity index (χ0v) is 9.55. The molecule has 0 fully saturated rings. The Kier molecular flexibility index (Phi) is 3.28. The van der Waals surface area contributed by atoms with Gasteiger partial charge in [0.1, 0.15) is 5.76 Å². The molecular weight excluding hydrogens is 216 g/mol. The average Bonchev–Trinajstić information content (AvgIpc) is 2.80. The van der Waals surface area contributed by atoms with Gasteiger partial charge in [-0.3, -0.25) is 0 Å². The van der Waals surface area contributed by atoms with Crippen molar-refractivity contribution in [1.82, 2.24) is 0 Å². The number of aliphatic carboxylic acids is 1. The van der Waals surface area contributed by atoms with Crippen molar-refractivity contribution in [3.8, 4) is 0 Å². The molecule has 0 saturated heterocycles. The Bertz CT molecular complexity index is 483. The van der Waals surface area contributed by atoms with E-state index in [1.165, 1.54) is 0 Å². The molecule has 0 amide bonds. The topological polar surface area (TPSA) is 53.3 Å². The Hall–Kier alpha value is -2.03. The van der Waals surface area contributed by atoms with Crippen LogP contribution in [0.4, 0.5) is 0 Å². The third-order valence-electron chi connectivity index (χ3n) is 2.74. The van der Waals surface area contributed by atoms with E-state index in [0.29, 0.717) is 5.76 Å². The third kappa shape index (κ3) is 2.75. The summed E-state index contributed by atoms with van der Waals surface area (Å²) in [6, 6.07) is 11.3. The number of aryl methyl sites for hydroxylation is 1. The summed E-state index contributed by atoms with van der Waals surface area (Å²) in [7, 11) is 0. The van der Waals surface area contributed by atoms with Gasteiger partial charge in [0.15, 0.2) is 0 Å². The fourth-order valence-electron chi connectivity index (χ4n) is 1.84. The highest BCUT2D eigenvalue weighted by Gasteiger charge is 2.16. The largest absolute Gasteiger partial charge is 0.550 e. The number of furan rings is 1. The molecule has 1 heterocycles. The number of carboxylic acid groups (broad SMARTS) is 1. The molecule has 0 bridgehead atoms. The minimum absolute atomic E-state index is 0.0728. The summed E-state index contributed by atoms with van der Waals surface area (Å²) < 4.78 is 5.29. The second kappa shape index (κ2) is 4.87. The van der Waals surface area contributed by atoms with Gasteiger partial charge in [-0.05, 0) is 24.6 Å². The highest BCUT2D eigenvalue weighted by atomic mass is 16.4. The molecule has 0 unspecified atom stereocenters. The van der Waals surface area contributed by atoms with Crippen LogP contribution in [0.5, 0.6) is 0 Å². The number of carboxylic acids is 1. The lowest BCUT2D eigenvalue weighted by Gasteiger charge is -2.15. The monoisotopic (exact) mass is 229 g/mol. The van der Waals surface area contributed by atoms with Crippen LogP contribution < -0.4 is 5.11 Å². The Labute approximate surface area is 99.7 Å². The van der Waals surface area contributed by atoms with Crippen molar-refractivity contribution in [3.63, 3.8) is 0 Å². The molecule has 17 heavy (non-hydrogen) atoms. The van der Waals surface area contributed by atoms with Gasteiger partial charge in [-0.1, -0.05) is 29.8 Å². The summed E-state index contributed by atoms with van der Waals surface area (Å²) in [6.45, 7) is 1.99. The van der Waals surface area contributed by atoms with Crippen LogP contribution in [0.2, 0.25) is 0 Å². The van der Waals surface area contributed by atoms with E-state index in [1.54, 1.807) is 18.4 Å². The van der Waals surface area contributed by atoms with Gasteiger partial charge in [0, 0.05) is 18.3 Å². The van der Waals surface area contributed by atoms with E-state index in [-0.39, 0.29) is 12.3 Å². The van der Waals surface area contributed by atoms with Crippen LogP contribution in [-0.4, -0.2) is 5.97 Å². The van der Waals surface area contributed by atoms with Gasteiger partial charge in [-0.25, -0.2) is 0 Å². The standard InChI is InChI=1S/C14H14O3/c1-10-4-6-11(7-5-10)12(9-14(15)16)13-3-2-8-17-13/h2-8,12H,9H2,1H3,(H,15,16)/p-1/t12-/m0/s1. The lowest BCUT2D eigenvalue weighted by molar-refractivity contribution is -0.306. The summed E-state index contributed by atoms with van der Waals surface area (Å²) in [4.78, 5) is 10.8. The minimum atomic E-state index is -1.08. The maximum absolute atomic E-state index is 10.8. The van der Waals surface area contributed by atoms with Crippen molar-refractivity contribution < 1.29 is 14.3 Å². The third-order valence-corrected chi connectivity index (χ3v) is 2.74. The number of rotatable bonds is 4. The van der Waals surface area contributed by atoms with Crippen molar-refractivity contribution in [2.24, 2.45) is 0 Å². The number of carbonyl (C=O) groups excluding carboxylic acids is 1. The van der Waals surface area contributed by atoms with Crippen molar-refractivity contribution in [2.75, 3.05) is 0 Å². The lowest BCUT2D eigenvalue weighted by Crippen LogP contribution is -2.24. The molecule has 0 aliphatic heterocycles. The summed E-state index contributed by atoms with van der Waals surface area (Å²) in [5.41, 5.74) is 2.06. The second-order valence-electron chi connectivity index (χ2n) is 4.05. The quantitative estimate of drug-likeness (QED) is 0.804. The van der Waals surface area contributed by atoms with Gasteiger partial charge >= 0.3 is 0 Å². The molecule has 0 spiro atoms. The van der Waals surface area contributed by atoms with Crippen LogP contribution >= 0.6 is 0 Å².